The van der Waals surface area contributed by atoms with Crippen LogP contribution >= 0.6 is 0 Å². The summed E-state index contributed by atoms with van der Waals surface area (Å²) in [6.07, 6.45) is 0.929. The number of rotatable bonds is 2. The molecule has 0 unspecified atom stereocenters. The van der Waals surface area contributed by atoms with E-state index in [1.807, 2.05) is 12.1 Å². The van der Waals surface area contributed by atoms with Crippen molar-refractivity contribution >= 4 is 16.7 Å². The number of para-hydroxylation sites is 1. The first-order chi connectivity index (χ1) is 9.19. The Kier molecular flexibility index (Phi) is 2.79. The summed E-state index contributed by atoms with van der Waals surface area (Å²) in [6, 6.07) is 14.4. The van der Waals surface area contributed by atoms with E-state index in [0.717, 1.165) is 45.5 Å². The summed E-state index contributed by atoms with van der Waals surface area (Å²) in [6.45, 7) is 4.17. The van der Waals surface area contributed by atoms with Crippen molar-refractivity contribution in [1.29, 1.82) is 0 Å². The number of hydrogen-bond donors (Lipinski definition) is 1. The van der Waals surface area contributed by atoms with E-state index >= 15 is 0 Å². The molecule has 0 saturated heterocycles. The molecule has 0 saturated carbocycles. The second-order valence-corrected chi connectivity index (χ2v) is 4.87. The van der Waals surface area contributed by atoms with Gasteiger partial charge in [-0.05, 0) is 48.7 Å². The highest BCUT2D eigenvalue weighted by Gasteiger charge is 2.09. The minimum absolute atomic E-state index is 0.846. The number of anilines is 1. The zero-order valence-electron chi connectivity index (χ0n) is 11.2. The average Bonchev–Trinajstić information content (AvgIpc) is 2.85. The molecule has 3 aromatic rings. The molecule has 0 aliphatic rings. The van der Waals surface area contributed by atoms with Crippen molar-refractivity contribution in [2.45, 2.75) is 20.3 Å². The van der Waals surface area contributed by atoms with Crippen LogP contribution in [-0.2, 0) is 6.42 Å². The highest BCUT2D eigenvalue weighted by molar-refractivity contribution is 5.85. The average molecular weight is 251 g/mol. The van der Waals surface area contributed by atoms with Gasteiger partial charge in [-0.3, -0.25) is 0 Å². The van der Waals surface area contributed by atoms with Crippen LogP contribution in [0.1, 0.15) is 18.1 Å². The van der Waals surface area contributed by atoms with Gasteiger partial charge in [0.15, 0.2) is 0 Å². The molecule has 2 nitrogen and oxygen atoms in total. The number of nitrogen functional groups attached to an aromatic ring is 1. The van der Waals surface area contributed by atoms with Gasteiger partial charge >= 0.3 is 0 Å². The van der Waals surface area contributed by atoms with E-state index in [4.69, 9.17) is 10.2 Å². The van der Waals surface area contributed by atoms with E-state index in [-0.39, 0.29) is 0 Å². The van der Waals surface area contributed by atoms with Gasteiger partial charge in [-0.2, -0.15) is 0 Å². The maximum Gasteiger partial charge on any atom is 0.137 e. The number of nitrogens with two attached hydrogens (primary N) is 1. The monoisotopic (exact) mass is 251 g/mol. The van der Waals surface area contributed by atoms with Crippen LogP contribution in [0.4, 0.5) is 5.69 Å². The third kappa shape index (κ3) is 1.99. The molecule has 96 valence electrons. The maximum atomic E-state index is 5.98. The van der Waals surface area contributed by atoms with E-state index in [0.29, 0.717) is 0 Å². The number of furan rings is 1. The van der Waals surface area contributed by atoms with Gasteiger partial charge in [0, 0.05) is 16.6 Å². The molecule has 0 atom stereocenters. The topological polar surface area (TPSA) is 39.2 Å². The van der Waals surface area contributed by atoms with Crippen LogP contribution in [0.5, 0.6) is 0 Å². The van der Waals surface area contributed by atoms with Gasteiger partial charge < -0.3 is 10.2 Å². The van der Waals surface area contributed by atoms with Crippen molar-refractivity contribution in [2.75, 3.05) is 5.73 Å². The van der Waals surface area contributed by atoms with Gasteiger partial charge in [-0.1, -0.05) is 25.1 Å². The second-order valence-electron chi connectivity index (χ2n) is 4.87. The fraction of sp³-hybridized carbons (Fsp3) is 0.176. The Hall–Kier alpha value is -2.22. The van der Waals surface area contributed by atoms with Crippen LogP contribution in [0.25, 0.3) is 22.3 Å². The van der Waals surface area contributed by atoms with Gasteiger partial charge in [0.25, 0.3) is 0 Å². The summed E-state index contributed by atoms with van der Waals surface area (Å²) in [5.74, 6) is 0.902. The minimum atomic E-state index is 0.846. The van der Waals surface area contributed by atoms with Crippen molar-refractivity contribution in [1.82, 2.24) is 0 Å². The summed E-state index contributed by atoms with van der Waals surface area (Å²) in [5, 5.41) is 1.14. The second kappa shape index (κ2) is 4.47. The number of fused-ring (bicyclic) bond motifs is 1. The standard InChI is InChI=1S/C17H17NO/c1-3-12-9-13(7-8-15(12)18)16-10-14-6-4-5-11(2)17(14)19-16/h4-10H,3,18H2,1-2H3. The molecule has 3 rings (SSSR count). The SMILES string of the molecule is CCc1cc(-c2cc3cccc(C)c3o2)ccc1N. The highest BCUT2D eigenvalue weighted by Crippen LogP contribution is 2.31. The Morgan fingerprint density at radius 2 is 1.95 bits per heavy atom. The molecule has 0 radical (unpaired) electrons. The predicted octanol–water partition coefficient (Wildman–Crippen LogP) is 4.55. The predicted molar refractivity (Wildman–Crippen MR) is 80.2 cm³/mol. The molecule has 0 spiro atoms. The van der Waals surface area contributed by atoms with E-state index in [9.17, 15) is 0 Å². The molecule has 0 bridgehead atoms. The largest absolute Gasteiger partial charge is 0.456 e. The van der Waals surface area contributed by atoms with Crippen LogP contribution in [0.2, 0.25) is 0 Å². The highest BCUT2D eigenvalue weighted by atomic mass is 16.3. The summed E-state index contributed by atoms with van der Waals surface area (Å²) in [4.78, 5) is 0. The summed E-state index contributed by atoms with van der Waals surface area (Å²) >= 11 is 0. The van der Waals surface area contributed by atoms with Gasteiger partial charge in [0.2, 0.25) is 0 Å². The van der Waals surface area contributed by atoms with E-state index in [1.165, 1.54) is 0 Å². The first-order valence-electron chi connectivity index (χ1n) is 6.57. The molecule has 2 aromatic carbocycles. The van der Waals surface area contributed by atoms with Gasteiger partial charge in [-0.15, -0.1) is 0 Å². The molecule has 2 heteroatoms. The number of aryl methyl sites for hydroxylation is 2. The van der Waals surface area contributed by atoms with E-state index in [1.54, 1.807) is 0 Å². The maximum absolute atomic E-state index is 5.98. The minimum Gasteiger partial charge on any atom is -0.456 e. The van der Waals surface area contributed by atoms with Gasteiger partial charge in [0.05, 0.1) is 0 Å². The lowest BCUT2D eigenvalue weighted by Gasteiger charge is -2.04. The number of benzene rings is 2. The smallest absolute Gasteiger partial charge is 0.137 e. The zero-order chi connectivity index (χ0) is 13.4. The summed E-state index contributed by atoms with van der Waals surface area (Å²) in [7, 11) is 0. The normalized spacial score (nSPS) is 11.1. The zero-order valence-corrected chi connectivity index (χ0v) is 11.2. The molecule has 0 aliphatic heterocycles. The van der Waals surface area contributed by atoms with Crippen molar-refractivity contribution in [3.8, 4) is 11.3 Å². The van der Waals surface area contributed by atoms with Gasteiger partial charge in [0.1, 0.15) is 11.3 Å². The molecule has 1 heterocycles. The van der Waals surface area contributed by atoms with Crippen molar-refractivity contribution in [3.63, 3.8) is 0 Å². The Bertz CT molecular complexity index is 740. The third-order valence-electron chi connectivity index (χ3n) is 3.55. The molecule has 0 amide bonds. The summed E-state index contributed by atoms with van der Waals surface area (Å²) < 4.78 is 5.98. The first kappa shape index (κ1) is 11.8. The van der Waals surface area contributed by atoms with Gasteiger partial charge in [-0.25, -0.2) is 0 Å². The summed E-state index contributed by atoms with van der Waals surface area (Å²) in [5.41, 5.74) is 11.2. The molecule has 19 heavy (non-hydrogen) atoms. The van der Waals surface area contributed by atoms with Crippen LogP contribution in [0.15, 0.2) is 46.9 Å². The van der Waals surface area contributed by atoms with Crippen LogP contribution in [-0.4, -0.2) is 0 Å². The third-order valence-corrected chi connectivity index (χ3v) is 3.55. The van der Waals surface area contributed by atoms with Crippen molar-refractivity contribution in [2.24, 2.45) is 0 Å². The first-order valence-corrected chi connectivity index (χ1v) is 6.57. The fourth-order valence-electron chi connectivity index (χ4n) is 2.42. The van der Waals surface area contributed by atoms with Crippen LogP contribution in [0.3, 0.4) is 0 Å². The lowest BCUT2D eigenvalue weighted by molar-refractivity contribution is 0.629. The Balaban J connectivity index is 2.16. The Labute approximate surface area is 112 Å². The van der Waals surface area contributed by atoms with E-state index < -0.39 is 0 Å². The van der Waals surface area contributed by atoms with Crippen LogP contribution in [0, 0.1) is 6.92 Å². The lowest BCUT2D eigenvalue weighted by Crippen LogP contribution is -1.92. The quantitative estimate of drug-likeness (QED) is 0.678. The van der Waals surface area contributed by atoms with Crippen molar-refractivity contribution in [3.05, 3.63) is 53.6 Å². The lowest BCUT2D eigenvalue weighted by atomic mass is 10.0. The molecule has 2 N–H and O–H groups in total. The molecule has 1 aromatic heterocycles. The molecule has 0 aliphatic carbocycles. The fourth-order valence-corrected chi connectivity index (χ4v) is 2.42. The van der Waals surface area contributed by atoms with E-state index in [2.05, 4.69) is 44.2 Å². The number of hydrogen-bond acceptors (Lipinski definition) is 2. The van der Waals surface area contributed by atoms with Crippen LogP contribution < -0.4 is 5.73 Å². The Morgan fingerprint density at radius 1 is 1.11 bits per heavy atom. The molecule has 0 fully saturated rings. The molecular weight excluding hydrogens is 234 g/mol. The molecular formula is C17H17NO. The van der Waals surface area contributed by atoms with Crippen molar-refractivity contribution < 1.29 is 4.42 Å². The Morgan fingerprint density at radius 3 is 2.68 bits per heavy atom.